The van der Waals surface area contributed by atoms with Gasteiger partial charge in [-0.25, -0.2) is 4.98 Å². The molecule has 0 unspecified atom stereocenters. The molecule has 0 N–H and O–H groups in total. The van der Waals surface area contributed by atoms with Crippen LogP contribution < -0.4 is 4.74 Å². The van der Waals surface area contributed by atoms with Gasteiger partial charge in [0.05, 0.1) is 13.7 Å². The van der Waals surface area contributed by atoms with Gasteiger partial charge in [-0.05, 0) is 49.3 Å². The van der Waals surface area contributed by atoms with Crippen molar-refractivity contribution >= 4 is 5.91 Å². The predicted molar refractivity (Wildman–Crippen MR) is 99.8 cm³/mol. The smallest absolute Gasteiger partial charge is 0.226 e. The maximum Gasteiger partial charge on any atom is 0.226 e. The van der Waals surface area contributed by atoms with E-state index in [1.807, 2.05) is 30.6 Å². The lowest BCUT2D eigenvalue weighted by atomic mass is 9.84. The summed E-state index contributed by atoms with van der Waals surface area (Å²) < 4.78 is 7.46. The van der Waals surface area contributed by atoms with Crippen molar-refractivity contribution in [3.8, 4) is 5.75 Å². The summed E-state index contributed by atoms with van der Waals surface area (Å²) in [6.07, 6.45) is 9.64. The van der Waals surface area contributed by atoms with Crippen molar-refractivity contribution in [2.24, 2.45) is 11.8 Å². The standard InChI is InChI=1S/C21H27N3O2/c1-26-19-7-2-4-17(12-19)14-23-11-10-22-20(23)15-24(13-16-8-9-16)21(25)18-5-3-6-18/h2,4,7,10-12,16,18H,3,5-6,8-9,13-15H2,1H3. The van der Waals surface area contributed by atoms with E-state index in [0.29, 0.717) is 18.4 Å². The summed E-state index contributed by atoms with van der Waals surface area (Å²) in [4.78, 5) is 19.4. The van der Waals surface area contributed by atoms with E-state index in [0.717, 1.165) is 37.5 Å². The van der Waals surface area contributed by atoms with E-state index in [1.165, 1.54) is 24.8 Å². The lowest BCUT2D eigenvalue weighted by Crippen LogP contribution is -2.40. The molecule has 0 saturated heterocycles. The van der Waals surface area contributed by atoms with Crippen LogP contribution in [0, 0.1) is 11.8 Å². The van der Waals surface area contributed by atoms with Crippen LogP contribution in [0.4, 0.5) is 0 Å². The van der Waals surface area contributed by atoms with Crippen molar-refractivity contribution in [3.63, 3.8) is 0 Å². The quantitative estimate of drug-likeness (QED) is 0.730. The van der Waals surface area contributed by atoms with Gasteiger partial charge in [0.1, 0.15) is 11.6 Å². The van der Waals surface area contributed by atoms with Gasteiger partial charge >= 0.3 is 0 Å². The Morgan fingerprint density at radius 2 is 2.15 bits per heavy atom. The van der Waals surface area contributed by atoms with Crippen LogP contribution in [0.15, 0.2) is 36.7 Å². The normalized spacial score (nSPS) is 17.0. The number of ether oxygens (including phenoxy) is 1. The van der Waals surface area contributed by atoms with Crippen LogP contribution in [0.1, 0.15) is 43.5 Å². The fourth-order valence-electron chi connectivity index (χ4n) is 3.53. The number of carbonyl (C=O) groups excluding carboxylic acids is 1. The third kappa shape index (κ3) is 3.92. The molecule has 2 aliphatic carbocycles. The third-order valence-electron chi connectivity index (χ3n) is 5.56. The number of amides is 1. The van der Waals surface area contributed by atoms with Crippen LogP contribution in [0.5, 0.6) is 5.75 Å². The largest absolute Gasteiger partial charge is 0.497 e. The number of hydrogen-bond acceptors (Lipinski definition) is 3. The minimum atomic E-state index is 0.246. The first-order chi connectivity index (χ1) is 12.7. The van der Waals surface area contributed by atoms with Gasteiger partial charge in [0, 0.05) is 31.4 Å². The second-order valence-corrected chi connectivity index (χ2v) is 7.61. The lowest BCUT2D eigenvalue weighted by Gasteiger charge is -2.31. The maximum atomic E-state index is 12.8. The van der Waals surface area contributed by atoms with Gasteiger partial charge in [0.15, 0.2) is 0 Å². The molecule has 2 aromatic rings. The highest BCUT2D eigenvalue weighted by Gasteiger charge is 2.33. The Labute approximate surface area is 155 Å². The maximum absolute atomic E-state index is 12.8. The molecular weight excluding hydrogens is 326 g/mol. The molecule has 0 radical (unpaired) electrons. The zero-order valence-electron chi connectivity index (χ0n) is 15.4. The van der Waals surface area contributed by atoms with Gasteiger partial charge < -0.3 is 14.2 Å². The molecule has 5 heteroatoms. The summed E-state index contributed by atoms with van der Waals surface area (Å²) in [5, 5.41) is 0. The molecule has 0 aliphatic heterocycles. The predicted octanol–water partition coefficient (Wildman–Crippen LogP) is 3.48. The molecule has 2 saturated carbocycles. The molecule has 1 amide bonds. The van der Waals surface area contributed by atoms with Crippen LogP contribution in [-0.2, 0) is 17.9 Å². The van der Waals surface area contributed by atoms with Crippen molar-refractivity contribution in [2.45, 2.75) is 45.2 Å². The van der Waals surface area contributed by atoms with Crippen molar-refractivity contribution in [2.75, 3.05) is 13.7 Å². The Morgan fingerprint density at radius 1 is 1.31 bits per heavy atom. The minimum Gasteiger partial charge on any atom is -0.497 e. The molecule has 1 aromatic carbocycles. The summed E-state index contributed by atoms with van der Waals surface area (Å²) in [5.41, 5.74) is 1.17. The van der Waals surface area contributed by atoms with Crippen molar-refractivity contribution in [1.82, 2.24) is 14.5 Å². The molecule has 1 aromatic heterocycles. The molecule has 1 heterocycles. The van der Waals surface area contributed by atoms with E-state index in [2.05, 4.69) is 20.5 Å². The fraction of sp³-hybridized carbons (Fsp3) is 0.524. The van der Waals surface area contributed by atoms with E-state index in [9.17, 15) is 4.79 Å². The van der Waals surface area contributed by atoms with E-state index < -0.39 is 0 Å². The van der Waals surface area contributed by atoms with Crippen molar-refractivity contribution in [1.29, 1.82) is 0 Å². The Kier molecular flexibility index (Phi) is 4.96. The summed E-state index contributed by atoms with van der Waals surface area (Å²) in [6, 6.07) is 8.09. The highest BCUT2D eigenvalue weighted by molar-refractivity contribution is 5.79. The van der Waals surface area contributed by atoms with Gasteiger partial charge in [-0.3, -0.25) is 4.79 Å². The molecule has 0 atom stereocenters. The highest BCUT2D eigenvalue weighted by Crippen LogP contribution is 2.33. The first-order valence-corrected chi connectivity index (χ1v) is 9.64. The lowest BCUT2D eigenvalue weighted by molar-refractivity contribution is -0.139. The van der Waals surface area contributed by atoms with E-state index in [-0.39, 0.29) is 5.92 Å². The van der Waals surface area contributed by atoms with E-state index in [4.69, 9.17) is 4.74 Å². The zero-order chi connectivity index (χ0) is 17.9. The molecule has 2 aliphatic rings. The van der Waals surface area contributed by atoms with Crippen molar-refractivity contribution in [3.05, 3.63) is 48.0 Å². The van der Waals surface area contributed by atoms with Crippen LogP contribution in [0.2, 0.25) is 0 Å². The van der Waals surface area contributed by atoms with Crippen LogP contribution in [0.25, 0.3) is 0 Å². The topological polar surface area (TPSA) is 47.4 Å². The number of rotatable bonds is 8. The third-order valence-corrected chi connectivity index (χ3v) is 5.56. The molecule has 4 rings (SSSR count). The number of benzene rings is 1. The second-order valence-electron chi connectivity index (χ2n) is 7.61. The van der Waals surface area contributed by atoms with Crippen molar-refractivity contribution < 1.29 is 9.53 Å². The molecule has 138 valence electrons. The van der Waals surface area contributed by atoms with E-state index >= 15 is 0 Å². The molecule has 0 spiro atoms. The molecular formula is C21H27N3O2. The number of carbonyl (C=O) groups is 1. The molecule has 2 fully saturated rings. The summed E-state index contributed by atoms with van der Waals surface area (Å²) in [7, 11) is 1.68. The Hall–Kier alpha value is -2.30. The number of aromatic nitrogens is 2. The van der Waals surface area contributed by atoms with Gasteiger partial charge in [-0.1, -0.05) is 18.6 Å². The van der Waals surface area contributed by atoms with Crippen LogP contribution >= 0.6 is 0 Å². The Balaban J connectivity index is 1.47. The number of imidazole rings is 1. The molecule has 5 nitrogen and oxygen atoms in total. The fourth-order valence-corrected chi connectivity index (χ4v) is 3.53. The first-order valence-electron chi connectivity index (χ1n) is 9.64. The first kappa shape index (κ1) is 17.1. The SMILES string of the molecule is COc1cccc(Cn2ccnc2CN(CC2CC2)C(=O)C2CCC2)c1. The van der Waals surface area contributed by atoms with Gasteiger partial charge in [0.2, 0.25) is 5.91 Å². The number of hydrogen-bond donors (Lipinski definition) is 0. The average Bonchev–Trinajstić information content (AvgIpc) is 3.32. The van der Waals surface area contributed by atoms with E-state index in [1.54, 1.807) is 7.11 Å². The zero-order valence-corrected chi connectivity index (χ0v) is 15.4. The van der Waals surface area contributed by atoms with Gasteiger partial charge in [-0.15, -0.1) is 0 Å². The molecule has 0 bridgehead atoms. The average molecular weight is 353 g/mol. The minimum absolute atomic E-state index is 0.246. The second kappa shape index (κ2) is 7.52. The summed E-state index contributed by atoms with van der Waals surface area (Å²) >= 11 is 0. The molecule has 26 heavy (non-hydrogen) atoms. The summed E-state index contributed by atoms with van der Waals surface area (Å²) in [5.74, 6) is 3.09. The van der Waals surface area contributed by atoms with Crippen LogP contribution in [-0.4, -0.2) is 34.0 Å². The van der Waals surface area contributed by atoms with Gasteiger partial charge in [-0.2, -0.15) is 0 Å². The monoisotopic (exact) mass is 353 g/mol. The summed E-state index contributed by atoms with van der Waals surface area (Å²) in [6.45, 7) is 2.24. The number of methoxy groups -OCH3 is 1. The Morgan fingerprint density at radius 3 is 2.85 bits per heavy atom. The van der Waals surface area contributed by atoms with Crippen LogP contribution in [0.3, 0.4) is 0 Å². The number of nitrogens with zero attached hydrogens (tertiary/aromatic N) is 3. The Bertz CT molecular complexity index is 762. The van der Waals surface area contributed by atoms with Gasteiger partial charge in [0.25, 0.3) is 0 Å². The highest BCUT2D eigenvalue weighted by atomic mass is 16.5.